The van der Waals surface area contributed by atoms with Crippen LogP contribution in [-0.4, -0.2) is 24.4 Å². The van der Waals surface area contributed by atoms with E-state index in [1.165, 1.54) is 0 Å². The molecule has 1 fully saturated rings. The zero-order valence-electron chi connectivity index (χ0n) is 11.7. The van der Waals surface area contributed by atoms with Crippen molar-refractivity contribution in [2.45, 2.75) is 30.6 Å². The zero-order chi connectivity index (χ0) is 14.9. The molecule has 0 radical (unpaired) electrons. The molecule has 0 saturated carbocycles. The average Bonchev–Trinajstić information content (AvgIpc) is 2.49. The Labute approximate surface area is 124 Å². The van der Waals surface area contributed by atoms with Crippen molar-refractivity contribution in [2.75, 3.05) is 5.75 Å². The molecule has 0 aliphatic carbocycles. The van der Waals surface area contributed by atoms with Crippen molar-refractivity contribution in [1.82, 2.24) is 10.4 Å². The van der Waals surface area contributed by atoms with E-state index in [0.29, 0.717) is 6.42 Å². The number of sulfone groups is 1. The SMILES string of the molecule is NNC(c1ccc2cccnc2c1)C1CCCCS1(=O)=O. The van der Waals surface area contributed by atoms with Gasteiger partial charge in [-0.3, -0.25) is 16.3 Å². The van der Waals surface area contributed by atoms with E-state index in [1.807, 2.05) is 30.3 Å². The molecule has 6 heteroatoms. The molecular weight excluding hydrogens is 286 g/mol. The van der Waals surface area contributed by atoms with E-state index in [-0.39, 0.29) is 11.8 Å². The summed E-state index contributed by atoms with van der Waals surface area (Å²) in [5, 5.41) is 0.570. The van der Waals surface area contributed by atoms with Crippen LogP contribution >= 0.6 is 0 Å². The topological polar surface area (TPSA) is 85.1 Å². The van der Waals surface area contributed by atoms with Gasteiger partial charge in [0.05, 0.1) is 22.6 Å². The minimum atomic E-state index is -3.10. The molecule has 1 aromatic heterocycles. The fourth-order valence-electron chi connectivity index (χ4n) is 3.05. The summed E-state index contributed by atoms with van der Waals surface area (Å²) in [5.74, 6) is 5.92. The molecule has 1 saturated heterocycles. The molecular formula is C15H19N3O2S. The number of hydrogen-bond donors (Lipinski definition) is 2. The number of pyridine rings is 1. The number of benzene rings is 1. The van der Waals surface area contributed by atoms with Gasteiger partial charge in [-0.2, -0.15) is 0 Å². The van der Waals surface area contributed by atoms with Crippen LogP contribution in [0.5, 0.6) is 0 Å². The number of hydrazine groups is 1. The molecule has 5 nitrogen and oxygen atoms in total. The number of fused-ring (bicyclic) bond motifs is 1. The van der Waals surface area contributed by atoms with Gasteiger partial charge in [0.1, 0.15) is 0 Å². The lowest BCUT2D eigenvalue weighted by Gasteiger charge is -2.30. The molecule has 0 bridgehead atoms. The second-order valence-electron chi connectivity index (χ2n) is 5.50. The lowest BCUT2D eigenvalue weighted by Crippen LogP contribution is -2.43. The molecule has 2 heterocycles. The van der Waals surface area contributed by atoms with Crippen LogP contribution in [0.2, 0.25) is 0 Å². The van der Waals surface area contributed by atoms with E-state index in [2.05, 4.69) is 10.4 Å². The summed E-state index contributed by atoms with van der Waals surface area (Å²) < 4.78 is 24.6. The second-order valence-corrected chi connectivity index (χ2v) is 7.84. The van der Waals surface area contributed by atoms with Crippen molar-refractivity contribution < 1.29 is 8.42 Å². The number of nitrogens with zero attached hydrogens (tertiary/aromatic N) is 1. The maximum atomic E-state index is 12.3. The third-order valence-electron chi connectivity index (χ3n) is 4.17. The zero-order valence-corrected chi connectivity index (χ0v) is 12.5. The molecule has 1 aliphatic heterocycles. The maximum absolute atomic E-state index is 12.3. The fourth-order valence-corrected chi connectivity index (χ4v) is 5.13. The van der Waals surface area contributed by atoms with E-state index in [9.17, 15) is 8.42 Å². The Bertz CT molecular complexity index is 745. The molecule has 1 aliphatic rings. The monoisotopic (exact) mass is 305 g/mol. The number of aromatic nitrogens is 1. The van der Waals surface area contributed by atoms with Gasteiger partial charge < -0.3 is 0 Å². The van der Waals surface area contributed by atoms with Gasteiger partial charge in [-0.15, -0.1) is 0 Å². The van der Waals surface area contributed by atoms with E-state index < -0.39 is 15.1 Å². The largest absolute Gasteiger partial charge is 0.271 e. The molecule has 1 aromatic carbocycles. The van der Waals surface area contributed by atoms with Crippen molar-refractivity contribution in [3.8, 4) is 0 Å². The van der Waals surface area contributed by atoms with E-state index in [1.54, 1.807) is 6.20 Å². The van der Waals surface area contributed by atoms with Crippen LogP contribution in [0.4, 0.5) is 0 Å². The van der Waals surface area contributed by atoms with Crippen molar-refractivity contribution in [1.29, 1.82) is 0 Å². The van der Waals surface area contributed by atoms with Gasteiger partial charge >= 0.3 is 0 Å². The van der Waals surface area contributed by atoms with Gasteiger partial charge in [0, 0.05) is 11.6 Å². The smallest absolute Gasteiger partial charge is 0.155 e. The van der Waals surface area contributed by atoms with E-state index in [0.717, 1.165) is 29.3 Å². The summed E-state index contributed by atoms with van der Waals surface area (Å²) in [5.41, 5.74) is 4.43. The Morgan fingerprint density at radius 3 is 2.90 bits per heavy atom. The Hall–Kier alpha value is -1.50. The highest BCUT2D eigenvalue weighted by Gasteiger charge is 2.35. The van der Waals surface area contributed by atoms with Crippen molar-refractivity contribution in [2.24, 2.45) is 5.84 Å². The molecule has 2 unspecified atom stereocenters. The lowest BCUT2D eigenvalue weighted by atomic mass is 9.99. The first-order chi connectivity index (χ1) is 10.1. The standard InChI is InChI=1S/C15H19N3O2S/c16-18-15(14-5-1-2-9-21(14,19)20)12-7-6-11-4-3-8-17-13(11)10-12/h3-4,6-8,10,14-15,18H,1-2,5,9,16H2. The van der Waals surface area contributed by atoms with Crippen LogP contribution in [0, 0.1) is 0 Å². The molecule has 0 amide bonds. The highest BCUT2D eigenvalue weighted by atomic mass is 32.2. The lowest BCUT2D eigenvalue weighted by molar-refractivity contribution is 0.454. The first-order valence-corrected chi connectivity index (χ1v) is 8.86. The molecule has 3 rings (SSSR count). The molecule has 112 valence electrons. The predicted molar refractivity (Wildman–Crippen MR) is 83.2 cm³/mol. The summed E-state index contributed by atoms with van der Waals surface area (Å²) in [6.45, 7) is 0. The van der Waals surface area contributed by atoms with Gasteiger partial charge in [0.25, 0.3) is 0 Å². The van der Waals surface area contributed by atoms with Gasteiger partial charge in [0.15, 0.2) is 9.84 Å². The first kappa shape index (κ1) is 14.4. The van der Waals surface area contributed by atoms with Crippen LogP contribution in [0.15, 0.2) is 36.5 Å². The summed E-state index contributed by atoms with van der Waals surface area (Å²) in [6, 6.07) is 9.28. The summed E-state index contributed by atoms with van der Waals surface area (Å²) in [6.07, 6.45) is 4.05. The van der Waals surface area contributed by atoms with Crippen LogP contribution in [-0.2, 0) is 9.84 Å². The Kier molecular flexibility index (Phi) is 3.93. The highest BCUT2D eigenvalue weighted by Crippen LogP contribution is 2.31. The predicted octanol–water partition coefficient (Wildman–Crippen LogP) is 1.71. The maximum Gasteiger partial charge on any atom is 0.155 e. The van der Waals surface area contributed by atoms with Crippen molar-refractivity contribution in [3.63, 3.8) is 0 Å². The third-order valence-corrected chi connectivity index (χ3v) is 6.46. The molecule has 2 atom stereocenters. The van der Waals surface area contributed by atoms with E-state index in [4.69, 9.17) is 5.84 Å². The minimum absolute atomic E-state index is 0.252. The normalized spacial score (nSPS) is 23.0. The summed E-state index contributed by atoms with van der Waals surface area (Å²) in [7, 11) is -3.10. The minimum Gasteiger partial charge on any atom is -0.271 e. The van der Waals surface area contributed by atoms with Gasteiger partial charge in [-0.1, -0.05) is 24.6 Å². The van der Waals surface area contributed by atoms with Gasteiger partial charge in [-0.05, 0) is 30.5 Å². The van der Waals surface area contributed by atoms with E-state index >= 15 is 0 Å². The molecule has 21 heavy (non-hydrogen) atoms. The van der Waals surface area contributed by atoms with Crippen molar-refractivity contribution >= 4 is 20.7 Å². The van der Waals surface area contributed by atoms with Gasteiger partial charge in [0.2, 0.25) is 0 Å². The number of nitrogens with one attached hydrogen (secondary N) is 1. The number of hydrogen-bond acceptors (Lipinski definition) is 5. The van der Waals surface area contributed by atoms with Crippen molar-refractivity contribution in [3.05, 3.63) is 42.1 Å². The summed E-state index contributed by atoms with van der Waals surface area (Å²) >= 11 is 0. The summed E-state index contributed by atoms with van der Waals surface area (Å²) in [4.78, 5) is 4.32. The number of nitrogens with two attached hydrogens (primary N) is 1. The number of rotatable bonds is 3. The first-order valence-electron chi connectivity index (χ1n) is 7.14. The second kappa shape index (κ2) is 5.71. The third kappa shape index (κ3) is 2.79. The van der Waals surface area contributed by atoms with Crippen LogP contribution in [0.25, 0.3) is 10.9 Å². The molecule has 2 aromatic rings. The van der Waals surface area contributed by atoms with Gasteiger partial charge in [-0.25, -0.2) is 8.42 Å². The Morgan fingerprint density at radius 2 is 2.14 bits per heavy atom. The Balaban J connectivity index is 2.01. The quantitative estimate of drug-likeness (QED) is 0.666. The molecule has 3 N–H and O–H groups in total. The highest BCUT2D eigenvalue weighted by molar-refractivity contribution is 7.92. The fraction of sp³-hybridized carbons (Fsp3) is 0.400. The molecule has 0 spiro atoms. The van der Waals surface area contributed by atoms with Crippen LogP contribution < -0.4 is 11.3 Å². The Morgan fingerprint density at radius 1 is 1.29 bits per heavy atom. The van der Waals surface area contributed by atoms with Crippen LogP contribution in [0.3, 0.4) is 0 Å². The average molecular weight is 305 g/mol. The van der Waals surface area contributed by atoms with Crippen LogP contribution in [0.1, 0.15) is 30.9 Å².